The molecule has 2 heterocycles. The molecule has 3 aliphatic rings. The molecule has 2 aromatic carbocycles. The zero-order valence-corrected chi connectivity index (χ0v) is 19.7. The van der Waals surface area contributed by atoms with E-state index in [1.807, 2.05) is 55.1 Å². The second-order valence-corrected chi connectivity index (χ2v) is 10.1. The summed E-state index contributed by atoms with van der Waals surface area (Å²) >= 11 is 1.68. The summed E-state index contributed by atoms with van der Waals surface area (Å²) in [5.74, 6) is 2.67. The molecule has 1 N–H and O–H groups in total. The van der Waals surface area contributed by atoms with Crippen LogP contribution < -0.4 is 9.46 Å². The number of likely N-dealkylation sites (tertiary alicyclic amines) is 1. The van der Waals surface area contributed by atoms with Gasteiger partial charge in [-0.25, -0.2) is 4.31 Å². The molecule has 32 heavy (non-hydrogen) atoms. The highest BCUT2D eigenvalue weighted by atomic mass is 32.2. The number of nitrogens with zero attached hydrogens (tertiary/aromatic N) is 2. The summed E-state index contributed by atoms with van der Waals surface area (Å²) in [4.78, 5) is 15.1. The lowest BCUT2D eigenvalue weighted by molar-refractivity contribution is 0.0340. The van der Waals surface area contributed by atoms with Crippen LogP contribution in [-0.4, -0.2) is 60.6 Å². The van der Waals surface area contributed by atoms with E-state index in [2.05, 4.69) is 15.1 Å². The van der Waals surface area contributed by atoms with Crippen molar-refractivity contribution < 1.29 is 14.3 Å². The van der Waals surface area contributed by atoms with Gasteiger partial charge in [0.15, 0.2) is 0 Å². The first kappa shape index (κ1) is 21.6. The minimum Gasteiger partial charge on any atom is -0.486 e. The molecule has 5 rings (SSSR count). The molecule has 2 saturated heterocycles. The zero-order chi connectivity index (χ0) is 22.2. The molecule has 1 aliphatic carbocycles. The third-order valence-corrected chi connectivity index (χ3v) is 7.74. The third kappa shape index (κ3) is 4.47. The SMILES string of the molecule is COC1CN(C(=O)c2c(C)cccc2C)C[C@H]1Oc1cccc(NSN2CC3CC3C2)c1. The highest BCUT2D eigenvalue weighted by Gasteiger charge is 2.45. The van der Waals surface area contributed by atoms with Gasteiger partial charge in [-0.2, -0.15) is 0 Å². The maximum Gasteiger partial charge on any atom is 0.254 e. The Morgan fingerprint density at radius 3 is 2.41 bits per heavy atom. The van der Waals surface area contributed by atoms with Crippen LogP contribution in [0.15, 0.2) is 42.5 Å². The summed E-state index contributed by atoms with van der Waals surface area (Å²) in [6, 6.07) is 14.0. The predicted octanol–water partition coefficient (Wildman–Crippen LogP) is 4.15. The second kappa shape index (κ2) is 8.96. The van der Waals surface area contributed by atoms with Gasteiger partial charge in [-0.3, -0.25) is 4.79 Å². The summed E-state index contributed by atoms with van der Waals surface area (Å²) in [6.07, 6.45) is 1.04. The van der Waals surface area contributed by atoms with Crippen molar-refractivity contribution in [1.82, 2.24) is 9.21 Å². The van der Waals surface area contributed by atoms with Gasteiger partial charge in [0.1, 0.15) is 18.0 Å². The summed E-state index contributed by atoms with van der Waals surface area (Å²) in [6.45, 7) is 7.37. The highest BCUT2D eigenvalue weighted by Crippen LogP contribution is 2.46. The quantitative estimate of drug-likeness (QED) is 0.636. The van der Waals surface area contributed by atoms with Crippen LogP contribution in [0, 0.1) is 25.7 Å². The van der Waals surface area contributed by atoms with Crippen LogP contribution in [-0.2, 0) is 4.74 Å². The number of benzene rings is 2. The Bertz CT molecular complexity index is 970. The summed E-state index contributed by atoms with van der Waals surface area (Å²) < 4.78 is 17.8. The smallest absolute Gasteiger partial charge is 0.254 e. The van der Waals surface area contributed by atoms with E-state index < -0.39 is 0 Å². The van der Waals surface area contributed by atoms with E-state index >= 15 is 0 Å². The molecule has 3 unspecified atom stereocenters. The average molecular weight is 454 g/mol. The van der Waals surface area contributed by atoms with E-state index in [0.717, 1.165) is 40.0 Å². The van der Waals surface area contributed by atoms with Gasteiger partial charge < -0.3 is 19.1 Å². The Labute approximate surface area is 194 Å². The first-order valence-electron chi connectivity index (χ1n) is 11.3. The van der Waals surface area contributed by atoms with Crippen molar-refractivity contribution in [2.75, 3.05) is 38.0 Å². The molecule has 0 bridgehead atoms. The molecule has 6 nitrogen and oxygen atoms in total. The molecule has 1 amide bonds. The van der Waals surface area contributed by atoms with Crippen LogP contribution >= 0.6 is 12.1 Å². The number of carbonyl (C=O) groups excluding carboxylic acids is 1. The molecule has 0 spiro atoms. The van der Waals surface area contributed by atoms with Crippen LogP contribution in [0.5, 0.6) is 5.75 Å². The molecule has 1 saturated carbocycles. The van der Waals surface area contributed by atoms with E-state index in [1.54, 1.807) is 19.2 Å². The maximum absolute atomic E-state index is 13.2. The molecule has 2 aliphatic heterocycles. The normalized spacial score (nSPS) is 26.8. The number of carbonyl (C=O) groups is 1. The Balaban J connectivity index is 1.22. The monoisotopic (exact) mass is 453 g/mol. The highest BCUT2D eigenvalue weighted by molar-refractivity contribution is 7.98. The van der Waals surface area contributed by atoms with Crippen LogP contribution in [0.3, 0.4) is 0 Å². The molecular formula is C25H31N3O3S. The number of hydrogen-bond donors (Lipinski definition) is 1. The summed E-state index contributed by atoms with van der Waals surface area (Å²) in [5, 5.41) is 0. The first-order chi connectivity index (χ1) is 15.5. The number of fused-ring (bicyclic) bond motifs is 1. The van der Waals surface area contributed by atoms with E-state index in [0.29, 0.717) is 13.1 Å². The van der Waals surface area contributed by atoms with Gasteiger partial charge in [0.25, 0.3) is 5.91 Å². The van der Waals surface area contributed by atoms with Crippen molar-refractivity contribution in [2.45, 2.75) is 32.5 Å². The van der Waals surface area contributed by atoms with E-state index in [-0.39, 0.29) is 18.1 Å². The van der Waals surface area contributed by atoms with E-state index in [1.165, 1.54) is 19.5 Å². The lowest BCUT2D eigenvalue weighted by atomic mass is 10.0. The number of aryl methyl sites for hydroxylation is 2. The Morgan fingerprint density at radius 1 is 1.00 bits per heavy atom. The van der Waals surface area contributed by atoms with Gasteiger partial charge in [-0.05, 0) is 55.4 Å². The van der Waals surface area contributed by atoms with Crippen molar-refractivity contribution >= 4 is 23.7 Å². The van der Waals surface area contributed by atoms with Gasteiger partial charge in [0.2, 0.25) is 0 Å². The van der Waals surface area contributed by atoms with Crippen molar-refractivity contribution in [3.8, 4) is 5.75 Å². The van der Waals surface area contributed by atoms with Crippen LogP contribution in [0.2, 0.25) is 0 Å². The average Bonchev–Trinajstić information content (AvgIpc) is 3.19. The van der Waals surface area contributed by atoms with Crippen LogP contribution in [0.25, 0.3) is 0 Å². The first-order valence-corrected chi connectivity index (χ1v) is 12.1. The van der Waals surface area contributed by atoms with Gasteiger partial charge in [0.05, 0.1) is 13.1 Å². The minimum atomic E-state index is -0.207. The number of rotatable bonds is 7. The number of anilines is 1. The topological polar surface area (TPSA) is 54.0 Å². The Morgan fingerprint density at radius 2 is 1.69 bits per heavy atom. The molecule has 170 valence electrons. The van der Waals surface area contributed by atoms with E-state index in [9.17, 15) is 4.79 Å². The fraction of sp³-hybridized carbons (Fsp3) is 0.480. The fourth-order valence-corrected chi connectivity index (χ4v) is 5.81. The number of methoxy groups -OCH3 is 1. The molecule has 0 aromatic heterocycles. The van der Waals surface area contributed by atoms with Gasteiger partial charge in [0, 0.05) is 49.7 Å². The largest absolute Gasteiger partial charge is 0.486 e. The van der Waals surface area contributed by atoms with Gasteiger partial charge >= 0.3 is 0 Å². The second-order valence-electron chi connectivity index (χ2n) is 9.23. The number of nitrogens with one attached hydrogen (secondary N) is 1. The molecule has 4 atom stereocenters. The molecule has 0 radical (unpaired) electrons. The lowest BCUT2D eigenvalue weighted by Gasteiger charge is -2.20. The molecule has 3 fully saturated rings. The Hall–Kier alpha value is -2.22. The molecule has 2 aromatic rings. The minimum absolute atomic E-state index is 0.0456. The van der Waals surface area contributed by atoms with E-state index in [4.69, 9.17) is 9.47 Å². The summed E-state index contributed by atoms with van der Waals surface area (Å²) in [5.41, 5.74) is 3.80. The van der Waals surface area contributed by atoms with Crippen LogP contribution in [0.4, 0.5) is 5.69 Å². The number of hydrogen-bond acceptors (Lipinski definition) is 6. The van der Waals surface area contributed by atoms with Gasteiger partial charge in [-0.15, -0.1) is 0 Å². The zero-order valence-electron chi connectivity index (χ0n) is 18.9. The predicted molar refractivity (Wildman–Crippen MR) is 128 cm³/mol. The fourth-order valence-electron chi connectivity index (χ4n) is 4.91. The Kier molecular flexibility index (Phi) is 6.05. The van der Waals surface area contributed by atoms with Crippen molar-refractivity contribution in [2.24, 2.45) is 11.8 Å². The number of ether oxygens (including phenoxy) is 2. The molecule has 7 heteroatoms. The van der Waals surface area contributed by atoms with Crippen molar-refractivity contribution in [3.05, 3.63) is 59.2 Å². The van der Waals surface area contributed by atoms with Crippen molar-refractivity contribution in [3.63, 3.8) is 0 Å². The third-order valence-electron chi connectivity index (χ3n) is 6.86. The standard InChI is InChI=1S/C25H31N3O3S/c1-16-6-4-7-17(2)24(16)25(29)27-14-22(30-3)23(15-27)31-21-9-5-8-20(11-21)26-32-28-12-18-10-19(18)13-28/h4-9,11,18-19,22-23,26H,10,12-15H2,1-3H3/t18?,19?,22?,23-/m1/s1. The maximum atomic E-state index is 13.2. The number of piperidine rings is 1. The lowest BCUT2D eigenvalue weighted by Crippen LogP contribution is -2.32. The molecular weight excluding hydrogens is 422 g/mol. The van der Waals surface area contributed by atoms with Gasteiger partial charge in [-0.1, -0.05) is 24.3 Å². The van der Waals surface area contributed by atoms with Crippen molar-refractivity contribution in [1.29, 1.82) is 0 Å². The number of amides is 1. The van der Waals surface area contributed by atoms with Crippen LogP contribution in [0.1, 0.15) is 27.9 Å². The summed E-state index contributed by atoms with van der Waals surface area (Å²) in [7, 11) is 1.68.